The fourth-order valence-electron chi connectivity index (χ4n) is 2.40. The molecule has 1 amide bonds. The lowest BCUT2D eigenvalue weighted by Gasteiger charge is -2.04. The van der Waals surface area contributed by atoms with Gasteiger partial charge in [0, 0.05) is 16.8 Å². The number of thiazole rings is 1. The summed E-state index contributed by atoms with van der Waals surface area (Å²) in [5, 5.41) is 8.88. The lowest BCUT2D eigenvalue weighted by atomic mass is 10.1. The van der Waals surface area contributed by atoms with Gasteiger partial charge < -0.3 is 10.6 Å². The number of amides is 1. The van der Waals surface area contributed by atoms with Crippen LogP contribution in [0.4, 0.5) is 16.5 Å². The molecule has 0 saturated heterocycles. The second-order valence-electron chi connectivity index (χ2n) is 5.91. The molecule has 0 aliphatic heterocycles. The molecule has 3 aromatic rings. The maximum absolute atomic E-state index is 12.1. The van der Waals surface area contributed by atoms with E-state index in [1.807, 2.05) is 48.7 Å². The van der Waals surface area contributed by atoms with Gasteiger partial charge in [0.1, 0.15) is 0 Å². The molecule has 2 aromatic carbocycles. The van der Waals surface area contributed by atoms with Gasteiger partial charge in [-0.1, -0.05) is 36.8 Å². The fraction of sp³-hybridized carbons (Fsp3) is 0.200. The fourth-order valence-corrected chi connectivity index (χ4v) is 3.13. The van der Waals surface area contributed by atoms with E-state index in [0.29, 0.717) is 0 Å². The zero-order valence-electron chi connectivity index (χ0n) is 14.4. The van der Waals surface area contributed by atoms with E-state index in [1.54, 1.807) is 0 Å². The Balaban J connectivity index is 1.57. The second-order valence-corrected chi connectivity index (χ2v) is 6.77. The van der Waals surface area contributed by atoms with Crippen molar-refractivity contribution < 1.29 is 4.79 Å². The van der Waals surface area contributed by atoms with Crippen LogP contribution in [0.1, 0.15) is 23.7 Å². The minimum atomic E-state index is -0.0620. The topological polar surface area (TPSA) is 54.0 Å². The van der Waals surface area contributed by atoms with Crippen LogP contribution in [0.5, 0.6) is 0 Å². The van der Waals surface area contributed by atoms with Gasteiger partial charge in [0.05, 0.1) is 12.1 Å². The molecule has 3 rings (SSSR count). The molecule has 25 heavy (non-hydrogen) atoms. The van der Waals surface area contributed by atoms with Crippen molar-refractivity contribution in [3.8, 4) is 0 Å². The van der Waals surface area contributed by atoms with Crippen LogP contribution in [0.15, 0.2) is 53.9 Å². The number of anilines is 3. The van der Waals surface area contributed by atoms with Crippen molar-refractivity contribution in [2.45, 2.75) is 26.7 Å². The van der Waals surface area contributed by atoms with Crippen LogP contribution in [0.2, 0.25) is 0 Å². The van der Waals surface area contributed by atoms with Gasteiger partial charge in [-0.15, -0.1) is 11.3 Å². The van der Waals surface area contributed by atoms with E-state index < -0.39 is 0 Å². The smallest absolute Gasteiger partial charge is 0.230 e. The summed E-state index contributed by atoms with van der Waals surface area (Å²) in [5.41, 5.74) is 5.04. The molecule has 0 spiro atoms. The Kier molecular flexibility index (Phi) is 5.46. The minimum absolute atomic E-state index is 0.0620. The zero-order valence-corrected chi connectivity index (χ0v) is 15.2. The van der Waals surface area contributed by atoms with Gasteiger partial charge in [0.15, 0.2) is 5.13 Å². The van der Waals surface area contributed by atoms with Crippen molar-refractivity contribution in [1.82, 2.24) is 4.98 Å². The van der Waals surface area contributed by atoms with Crippen molar-refractivity contribution in [2.75, 3.05) is 10.6 Å². The predicted molar refractivity (Wildman–Crippen MR) is 105 cm³/mol. The Labute approximate surface area is 151 Å². The number of nitrogens with one attached hydrogen (secondary N) is 2. The van der Waals surface area contributed by atoms with Crippen LogP contribution in [-0.4, -0.2) is 10.9 Å². The van der Waals surface area contributed by atoms with Crippen molar-refractivity contribution in [1.29, 1.82) is 0 Å². The van der Waals surface area contributed by atoms with Gasteiger partial charge in [-0.3, -0.25) is 4.79 Å². The molecule has 128 valence electrons. The monoisotopic (exact) mass is 351 g/mol. The first-order chi connectivity index (χ1) is 12.1. The molecule has 0 radical (unpaired) electrons. The third-order valence-corrected chi connectivity index (χ3v) is 4.65. The summed E-state index contributed by atoms with van der Waals surface area (Å²) in [5.74, 6) is -0.0620. The Bertz CT molecular complexity index is 838. The molecule has 0 saturated carbocycles. The molecule has 0 aliphatic rings. The van der Waals surface area contributed by atoms with Crippen LogP contribution in [0, 0.1) is 6.92 Å². The third kappa shape index (κ3) is 4.90. The van der Waals surface area contributed by atoms with Crippen LogP contribution < -0.4 is 10.6 Å². The molecule has 4 nitrogen and oxygen atoms in total. The molecule has 5 heteroatoms. The predicted octanol–water partition coefficient (Wildman–Crippen LogP) is 4.94. The van der Waals surface area contributed by atoms with E-state index in [1.165, 1.54) is 22.5 Å². The number of aromatic nitrogens is 1. The zero-order chi connectivity index (χ0) is 17.6. The van der Waals surface area contributed by atoms with Gasteiger partial charge >= 0.3 is 0 Å². The van der Waals surface area contributed by atoms with Crippen molar-refractivity contribution in [3.05, 3.63) is 70.7 Å². The standard InChI is InChI=1S/C20H21N3OS/c1-3-15-6-10-17(11-7-15)22-20-23-18(13-25-20)12-19(24)21-16-8-4-14(2)5-9-16/h4-11,13H,3,12H2,1-2H3,(H,21,24)(H,22,23). The Morgan fingerprint density at radius 2 is 1.72 bits per heavy atom. The maximum Gasteiger partial charge on any atom is 0.230 e. The first-order valence-corrected chi connectivity index (χ1v) is 9.17. The summed E-state index contributed by atoms with van der Waals surface area (Å²) < 4.78 is 0. The highest BCUT2D eigenvalue weighted by atomic mass is 32.1. The highest BCUT2D eigenvalue weighted by Crippen LogP contribution is 2.22. The number of hydrogen-bond donors (Lipinski definition) is 2. The number of carbonyl (C=O) groups excluding carboxylic acids is 1. The van der Waals surface area contributed by atoms with Gasteiger partial charge in [0.25, 0.3) is 0 Å². The molecule has 0 aliphatic carbocycles. The molecular weight excluding hydrogens is 330 g/mol. The summed E-state index contributed by atoms with van der Waals surface area (Å²) >= 11 is 1.50. The van der Waals surface area contributed by atoms with E-state index in [-0.39, 0.29) is 12.3 Å². The third-order valence-electron chi connectivity index (χ3n) is 3.84. The number of aryl methyl sites for hydroxylation is 2. The Hall–Kier alpha value is -2.66. The highest BCUT2D eigenvalue weighted by molar-refractivity contribution is 7.13. The van der Waals surface area contributed by atoms with Crippen LogP contribution >= 0.6 is 11.3 Å². The number of nitrogens with zero attached hydrogens (tertiary/aromatic N) is 1. The molecule has 2 N–H and O–H groups in total. The number of rotatable bonds is 6. The molecule has 1 heterocycles. The summed E-state index contributed by atoms with van der Waals surface area (Å²) in [4.78, 5) is 16.6. The molecular formula is C20H21N3OS. The Morgan fingerprint density at radius 3 is 2.40 bits per heavy atom. The molecule has 0 fully saturated rings. The lowest BCUT2D eigenvalue weighted by Crippen LogP contribution is -2.14. The molecule has 0 bridgehead atoms. The molecule has 1 aromatic heterocycles. The van der Waals surface area contributed by atoms with Crippen molar-refractivity contribution in [3.63, 3.8) is 0 Å². The van der Waals surface area contributed by atoms with Gasteiger partial charge in [-0.25, -0.2) is 4.98 Å². The van der Waals surface area contributed by atoms with Crippen LogP contribution in [-0.2, 0) is 17.6 Å². The summed E-state index contributed by atoms with van der Waals surface area (Å²) in [6.07, 6.45) is 1.29. The van der Waals surface area contributed by atoms with E-state index in [0.717, 1.165) is 28.6 Å². The van der Waals surface area contributed by atoms with Crippen LogP contribution in [0.3, 0.4) is 0 Å². The van der Waals surface area contributed by atoms with E-state index >= 15 is 0 Å². The second kappa shape index (κ2) is 7.94. The summed E-state index contributed by atoms with van der Waals surface area (Å²) in [7, 11) is 0. The van der Waals surface area contributed by atoms with Crippen molar-refractivity contribution in [2.24, 2.45) is 0 Å². The van der Waals surface area contributed by atoms with Crippen LogP contribution in [0.25, 0.3) is 0 Å². The van der Waals surface area contributed by atoms with Crippen molar-refractivity contribution >= 4 is 33.8 Å². The molecule has 0 atom stereocenters. The summed E-state index contributed by atoms with van der Waals surface area (Å²) in [6, 6.07) is 16.1. The number of carbonyl (C=O) groups is 1. The van der Waals surface area contributed by atoms with Gasteiger partial charge in [-0.2, -0.15) is 0 Å². The Morgan fingerprint density at radius 1 is 1.04 bits per heavy atom. The average molecular weight is 351 g/mol. The van der Waals surface area contributed by atoms with E-state index in [4.69, 9.17) is 0 Å². The first-order valence-electron chi connectivity index (χ1n) is 8.29. The largest absolute Gasteiger partial charge is 0.332 e. The number of hydrogen-bond acceptors (Lipinski definition) is 4. The van der Waals surface area contributed by atoms with Gasteiger partial charge in [-0.05, 0) is 43.2 Å². The van der Waals surface area contributed by atoms with E-state index in [9.17, 15) is 4.79 Å². The van der Waals surface area contributed by atoms with Gasteiger partial charge in [0.2, 0.25) is 5.91 Å². The number of benzene rings is 2. The van der Waals surface area contributed by atoms with E-state index in [2.05, 4.69) is 34.7 Å². The highest BCUT2D eigenvalue weighted by Gasteiger charge is 2.08. The average Bonchev–Trinajstić information content (AvgIpc) is 3.04. The molecule has 0 unspecified atom stereocenters. The summed E-state index contributed by atoms with van der Waals surface area (Å²) in [6.45, 7) is 4.16. The lowest BCUT2D eigenvalue weighted by molar-refractivity contribution is -0.115. The first kappa shape index (κ1) is 17.2. The normalized spacial score (nSPS) is 10.5. The minimum Gasteiger partial charge on any atom is -0.332 e. The quantitative estimate of drug-likeness (QED) is 0.661. The maximum atomic E-state index is 12.1. The SMILES string of the molecule is CCc1ccc(Nc2nc(CC(=O)Nc3ccc(C)cc3)cs2)cc1.